The maximum atomic E-state index is 14.0. The van der Waals surface area contributed by atoms with Crippen LogP contribution in [0.15, 0.2) is 30.5 Å². The van der Waals surface area contributed by atoms with Gasteiger partial charge < -0.3 is 25.7 Å². The molecule has 4 rings (SSSR count). The molecule has 10 nitrogen and oxygen atoms in total. The molecule has 4 amide bonds. The number of unbranched alkanes of at least 4 members (excludes halogenated alkanes) is 2. The van der Waals surface area contributed by atoms with Crippen molar-refractivity contribution in [2.24, 2.45) is 5.92 Å². The zero-order chi connectivity index (χ0) is 30.2. The predicted molar refractivity (Wildman–Crippen MR) is 165 cm³/mol. The third-order valence-corrected chi connectivity index (χ3v) is 8.98. The molecular formula is C31H45N5O5S. The maximum Gasteiger partial charge on any atom is 0.246 e. The second-order valence-corrected chi connectivity index (χ2v) is 11.9. The molecule has 2 aromatic rings. The Morgan fingerprint density at radius 3 is 2.45 bits per heavy atom. The molecule has 42 heavy (non-hydrogen) atoms. The first-order chi connectivity index (χ1) is 20.3. The van der Waals surface area contributed by atoms with Crippen LogP contribution in [0.4, 0.5) is 0 Å². The van der Waals surface area contributed by atoms with Gasteiger partial charge in [-0.2, -0.15) is 17.4 Å². The SMILES string of the molecule is CC[C@H](C)[C@@H]1NC(=O)[C@H](Cc2cn(OC)c3ccccc23)NC(=O)[C@H](CCCCCS)NC(=O)[C@H]2CCCCN2C1=O. The summed E-state index contributed by atoms with van der Waals surface area (Å²) < 4.78 is 1.63. The number of piperidine rings is 1. The summed E-state index contributed by atoms with van der Waals surface area (Å²) in [7, 11) is 1.57. The molecule has 3 N–H and O–H groups in total. The smallest absolute Gasteiger partial charge is 0.246 e. The van der Waals surface area contributed by atoms with E-state index in [0.717, 1.165) is 54.3 Å². The molecule has 3 heterocycles. The lowest BCUT2D eigenvalue weighted by Crippen LogP contribution is -2.64. The molecule has 0 spiro atoms. The average Bonchev–Trinajstić information content (AvgIpc) is 3.36. The third kappa shape index (κ3) is 7.22. The van der Waals surface area contributed by atoms with Gasteiger partial charge in [-0.1, -0.05) is 51.3 Å². The lowest BCUT2D eigenvalue weighted by atomic mass is 9.93. The molecule has 2 aliphatic rings. The summed E-state index contributed by atoms with van der Waals surface area (Å²) in [5, 5.41) is 9.80. The van der Waals surface area contributed by atoms with Crippen LogP contribution in [0.1, 0.15) is 70.8 Å². The van der Waals surface area contributed by atoms with E-state index in [1.54, 1.807) is 16.7 Å². The number of carbonyl (C=O) groups excluding carboxylic acids is 4. The summed E-state index contributed by atoms with van der Waals surface area (Å²) in [6, 6.07) is 4.41. The van der Waals surface area contributed by atoms with E-state index >= 15 is 0 Å². The number of para-hydroxylation sites is 1. The molecule has 2 saturated heterocycles. The Balaban J connectivity index is 1.71. The third-order valence-electron chi connectivity index (χ3n) is 8.66. The highest BCUT2D eigenvalue weighted by Gasteiger charge is 2.40. The highest BCUT2D eigenvalue weighted by atomic mass is 32.1. The Hall–Kier alpha value is -3.21. The van der Waals surface area contributed by atoms with Crippen LogP contribution in [0.25, 0.3) is 10.9 Å². The number of rotatable bonds is 10. The van der Waals surface area contributed by atoms with Gasteiger partial charge in [0.15, 0.2) is 0 Å². The first-order valence-corrected chi connectivity index (χ1v) is 15.9. The fourth-order valence-corrected chi connectivity index (χ4v) is 6.21. The van der Waals surface area contributed by atoms with E-state index in [9.17, 15) is 19.2 Å². The van der Waals surface area contributed by atoms with Crippen molar-refractivity contribution in [3.8, 4) is 0 Å². The van der Waals surface area contributed by atoms with Crippen molar-refractivity contribution in [1.29, 1.82) is 0 Å². The minimum atomic E-state index is -0.971. The van der Waals surface area contributed by atoms with Crippen LogP contribution >= 0.6 is 12.6 Å². The summed E-state index contributed by atoms with van der Waals surface area (Å²) in [6.45, 7) is 4.34. The van der Waals surface area contributed by atoms with Crippen LogP contribution in [-0.4, -0.2) is 76.8 Å². The lowest BCUT2D eigenvalue weighted by Gasteiger charge is -2.39. The first kappa shape index (κ1) is 31.7. The van der Waals surface area contributed by atoms with Gasteiger partial charge in [-0.3, -0.25) is 19.2 Å². The van der Waals surface area contributed by atoms with E-state index in [-0.39, 0.29) is 24.2 Å². The largest absolute Gasteiger partial charge is 0.417 e. The van der Waals surface area contributed by atoms with Crippen LogP contribution < -0.4 is 20.8 Å². The average molecular weight is 600 g/mol. The van der Waals surface area contributed by atoms with Gasteiger partial charge in [0.1, 0.15) is 31.3 Å². The van der Waals surface area contributed by atoms with Crippen molar-refractivity contribution < 1.29 is 24.0 Å². The highest BCUT2D eigenvalue weighted by Crippen LogP contribution is 2.24. The lowest BCUT2D eigenvalue weighted by molar-refractivity contribution is -0.147. The van der Waals surface area contributed by atoms with E-state index in [1.807, 2.05) is 44.3 Å². The van der Waals surface area contributed by atoms with E-state index < -0.39 is 36.0 Å². The molecule has 0 unspecified atom stereocenters. The molecule has 2 fully saturated rings. The number of nitrogens with zero attached hydrogens (tertiary/aromatic N) is 2. The molecule has 2 aliphatic heterocycles. The number of fused-ring (bicyclic) bond motifs is 2. The number of hydrogen-bond donors (Lipinski definition) is 4. The van der Waals surface area contributed by atoms with Gasteiger partial charge >= 0.3 is 0 Å². The van der Waals surface area contributed by atoms with Crippen LogP contribution in [0.3, 0.4) is 0 Å². The second kappa shape index (κ2) is 14.8. The van der Waals surface area contributed by atoms with Gasteiger partial charge in [0, 0.05) is 24.5 Å². The first-order valence-electron chi connectivity index (χ1n) is 15.2. The van der Waals surface area contributed by atoms with Gasteiger partial charge in [-0.25, -0.2) is 0 Å². The van der Waals surface area contributed by atoms with Crippen LogP contribution in [-0.2, 0) is 25.6 Å². The molecule has 0 bridgehead atoms. The van der Waals surface area contributed by atoms with Crippen molar-refractivity contribution in [3.05, 3.63) is 36.0 Å². The number of benzene rings is 1. The van der Waals surface area contributed by atoms with Gasteiger partial charge in [-0.05, 0) is 55.4 Å². The van der Waals surface area contributed by atoms with Gasteiger partial charge in [0.25, 0.3) is 0 Å². The number of amides is 4. The number of carbonyl (C=O) groups is 4. The zero-order valence-corrected chi connectivity index (χ0v) is 25.8. The van der Waals surface area contributed by atoms with Crippen LogP contribution in [0.2, 0.25) is 0 Å². The van der Waals surface area contributed by atoms with E-state index in [0.29, 0.717) is 25.8 Å². The van der Waals surface area contributed by atoms with E-state index in [1.165, 1.54) is 0 Å². The summed E-state index contributed by atoms with van der Waals surface area (Å²) in [6.07, 6.45) is 7.71. The summed E-state index contributed by atoms with van der Waals surface area (Å²) >= 11 is 4.28. The van der Waals surface area contributed by atoms with Crippen LogP contribution in [0.5, 0.6) is 0 Å². The molecule has 11 heteroatoms. The highest BCUT2D eigenvalue weighted by molar-refractivity contribution is 7.80. The molecule has 5 atom stereocenters. The van der Waals surface area contributed by atoms with Gasteiger partial charge in [0.05, 0.1) is 5.52 Å². The van der Waals surface area contributed by atoms with Crippen molar-refractivity contribution in [2.75, 3.05) is 19.4 Å². The molecule has 1 aromatic carbocycles. The van der Waals surface area contributed by atoms with Crippen molar-refractivity contribution in [1.82, 2.24) is 25.6 Å². The normalized spacial score (nSPS) is 24.6. The minimum Gasteiger partial charge on any atom is -0.417 e. The number of aromatic nitrogens is 1. The monoisotopic (exact) mass is 599 g/mol. The van der Waals surface area contributed by atoms with Crippen LogP contribution in [0, 0.1) is 5.92 Å². The summed E-state index contributed by atoms with van der Waals surface area (Å²) in [4.78, 5) is 62.5. The van der Waals surface area contributed by atoms with Gasteiger partial charge in [-0.15, -0.1) is 0 Å². The van der Waals surface area contributed by atoms with Crippen molar-refractivity contribution in [3.63, 3.8) is 0 Å². The van der Waals surface area contributed by atoms with E-state index in [2.05, 4.69) is 28.6 Å². The molecular weight excluding hydrogens is 554 g/mol. The molecule has 0 aliphatic carbocycles. The Morgan fingerprint density at radius 2 is 1.71 bits per heavy atom. The standard InChI is InChI=1S/C31H45N5O5S/c1-4-20(2)27-31(40)35-16-10-9-15-26(35)30(39)32-23(13-6-5-11-17-42)28(37)33-24(29(38)34-27)18-21-19-36(41-3)25-14-8-7-12-22(21)25/h7-8,12,14,19-20,23-24,26-27,42H,4-6,9-11,13,15-18H2,1-3H3,(H,32,39)(H,33,37)(H,34,38)/t20-,23-,24-,26+,27-/m0/s1. The van der Waals surface area contributed by atoms with Crippen molar-refractivity contribution >= 4 is 47.2 Å². The Kier molecular flexibility index (Phi) is 11.2. The maximum absolute atomic E-state index is 14.0. The Labute approximate surface area is 253 Å². The molecule has 0 saturated carbocycles. The number of thiol groups is 1. The number of hydrogen-bond acceptors (Lipinski definition) is 6. The second-order valence-electron chi connectivity index (χ2n) is 11.5. The Bertz CT molecular complexity index is 1270. The fraction of sp³-hybridized carbons (Fsp3) is 0.613. The van der Waals surface area contributed by atoms with Gasteiger partial charge in [0.2, 0.25) is 23.6 Å². The molecule has 0 radical (unpaired) electrons. The minimum absolute atomic E-state index is 0.165. The topological polar surface area (TPSA) is 122 Å². The molecule has 230 valence electrons. The van der Waals surface area contributed by atoms with E-state index in [4.69, 9.17) is 4.84 Å². The summed E-state index contributed by atoms with van der Waals surface area (Å²) in [5.41, 5.74) is 1.66. The fourth-order valence-electron chi connectivity index (χ4n) is 5.99. The quantitative estimate of drug-likeness (QED) is 0.247. The molecule has 1 aromatic heterocycles. The number of nitrogens with one attached hydrogen (secondary N) is 3. The predicted octanol–water partition coefficient (Wildman–Crippen LogP) is 2.63. The summed E-state index contributed by atoms with van der Waals surface area (Å²) in [5.74, 6) is -0.806. The van der Waals surface area contributed by atoms with Crippen molar-refractivity contribution in [2.45, 2.75) is 95.8 Å². The zero-order valence-electron chi connectivity index (χ0n) is 24.9. The Morgan fingerprint density at radius 1 is 0.976 bits per heavy atom.